The lowest BCUT2D eigenvalue weighted by molar-refractivity contribution is -0.152. The average Bonchev–Trinajstić information content (AvgIpc) is 2.73. The number of nitrogens with zero attached hydrogens (tertiary/aromatic N) is 1. The molecule has 1 aliphatic rings. The first kappa shape index (κ1) is 15.0. The van der Waals surface area contributed by atoms with Crippen LogP contribution in [0.2, 0.25) is 0 Å². The zero-order valence-electron chi connectivity index (χ0n) is 11.6. The largest absolute Gasteiger partial charge is 0.481 e. The van der Waals surface area contributed by atoms with Crippen molar-refractivity contribution in [3.05, 3.63) is 0 Å². The molecule has 0 spiro atoms. The molecule has 0 aromatic rings. The number of amides is 1. The first-order valence-corrected chi connectivity index (χ1v) is 6.35. The fourth-order valence-electron chi connectivity index (χ4n) is 2.26. The van der Waals surface area contributed by atoms with Gasteiger partial charge in [-0.15, -0.1) is 0 Å². The molecule has 1 amide bonds. The number of hydrogen-bond donors (Lipinski definition) is 1. The zero-order chi connectivity index (χ0) is 13.9. The Hall–Kier alpha value is -1.10. The number of rotatable bonds is 5. The monoisotopic (exact) mass is 257 g/mol. The van der Waals surface area contributed by atoms with Gasteiger partial charge in [0.05, 0.1) is 6.61 Å². The smallest absolute Gasteiger partial charge is 0.313 e. The van der Waals surface area contributed by atoms with Crippen molar-refractivity contribution < 1.29 is 19.4 Å². The van der Waals surface area contributed by atoms with Gasteiger partial charge in [0.25, 0.3) is 0 Å². The van der Waals surface area contributed by atoms with Crippen molar-refractivity contribution in [1.82, 2.24) is 4.90 Å². The minimum absolute atomic E-state index is 0.0456. The van der Waals surface area contributed by atoms with E-state index in [1.807, 2.05) is 20.8 Å². The summed E-state index contributed by atoms with van der Waals surface area (Å²) in [6.45, 7) is 6.81. The Labute approximate surface area is 108 Å². The van der Waals surface area contributed by atoms with Crippen LogP contribution in [-0.4, -0.2) is 48.7 Å². The predicted octanol–water partition coefficient (Wildman–Crippen LogP) is 1.23. The number of likely N-dealkylation sites (tertiary alicyclic amines) is 1. The summed E-state index contributed by atoms with van der Waals surface area (Å²) in [4.78, 5) is 25.2. The van der Waals surface area contributed by atoms with Crippen LogP contribution in [0.4, 0.5) is 0 Å². The Morgan fingerprint density at radius 3 is 2.44 bits per heavy atom. The van der Waals surface area contributed by atoms with Crippen molar-refractivity contribution in [3.63, 3.8) is 0 Å². The van der Waals surface area contributed by atoms with Gasteiger partial charge in [0.2, 0.25) is 5.91 Å². The molecular formula is C13H23NO4. The average molecular weight is 257 g/mol. The van der Waals surface area contributed by atoms with Gasteiger partial charge in [0.15, 0.2) is 0 Å². The normalized spacial score (nSPS) is 25.5. The van der Waals surface area contributed by atoms with E-state index >= 15 is 0 Å². The molecule has 2 atom stereocenters. The van der Waals surface area contributed by atoms with Gasteiger partial charge in [0, 0.05) is 26.1 Å². The molecule has 1 fully saturated rings. The second-order valence-electron chi connectivity index (χ2n) is 5.56. The van der Waals surface area contributed by atoms with E-state index < -0.39 is 11.4 Å². The maximum absolute atomic E-state index is 12.2. The highest BCUT2D eigenvalue weighted by molar-refractivity contribution is 5.82. The number of ether oxygens (including phenoxy) is 1. The van der Waals surface area contributed by atoms with Gasteiger partial charge in [-0.25, -0.2) is 0 Å². The highest BCUT2D eigenvalue weighted by Crippen LogP contribution is 2.32. The molecule has 1 saturated heterocycles. The molecule has 0 aromatic carbocycles. The molecule has 0 aromatic heterocycles. The van der Waals surface area contributed by atoms with E-state index in [2.05, 4.69) is 0 Å². The van der Waals surface area contributed by atoms with Crippen LogP contribution < -0.4 is 0 Å². The molecule has 104 valence electrons. The van der Waals surface area contributed by atoms with Gasteiger partial charge in [-0.2, -0.15) is 0 Å². The number of carbonyl (C=O) groups excluding carboxylic acids is 1. The van der Waals surface area contributed by atoms with E-state index in [9.17, 15) is 14.7 Å². The summed E-state index contributed by atoms with van der Waals surface area (Å²) < 4.78 is 5.01. The van der Waals surface area contributed by atoms with E-state index in [1.54, 1.807) is 4.90 Å². The Morgan fingerprint density at radius 1 is 1.39 bits per heavy atom. The van der Waals surface area contributed by atoms with Crippen LogP contribution in [0.5, 0.6) is 0 Å². The minimum atomic E-state index is -0.929. The maximum atomic E-state index is 12.2. The Kier molecular flexibility index (Phi) is 4.73. The highest BCUT2D eigenvalue weighted by atomic mass is 16.5. The van der Waals surface area contributed by atoms with E-state index in [1.165, 1.54) is 7.11 Å². The van der Waals surface area contributed by atoms with Crippen LogP contribution in [0.15, 0.2) is 0 Å². The quantitative estimate of drug-likeness (QED) is 0.804. The number of carboxylic acids is 1. The summed E-state index contributed by atoms with van der Waals surface area (Å²) in [5.41, 5.74) is -0.929. The first-order chi connectivity index (χ1) is 8.34. The van der Waals surface area contributed by atoms with Crippen molar-refractivity contribution in [2.75, 3.05) is 26.8 Å². The summed E-state index contributed by atoms with van der Waals surface area (Å²) in [5.74, 6) is -0.641. The highest BCUT2D eigenvalue weighted by Gasteiger charge is 2.47. The molecule has 1 rings (SSSR count). The second-order valence-corrected chi connectivity index (χ2v) is 5.56. The first-order valence-electron chi connectivity index (χ1n) is 6.35. The lowest BCUT2D eigenvalue weighted by Crippen LogP contribution is -2.42. The Bertz CT molecular complexity index is 329. The third-order valence-corrected chi connectivity index (χ3v) is 3.93. The maximum Gasteiger partial charge on any atom is 0.313 e. The van der Waals surface area contributed by atoms with Crippen molar-refractivity contribution in [1.29, 1.82) is 0 Å². The molecule has 5 heteroatoms. The molecule has 0 bridgehead atoms. The van der Waals surface area contributed by atoms with Crippen molar-refractivity contribution in [2.45, 2.75) is 27.2 Å². The lowest BCUT2D eigenvalue weighted by Gasteiger charge is -2.26. The third-order valence-electron chi connectivity index (χ3n) is 3.93. The molecule has 1 N–H and O–H groups in total. The van der Waals surface area contributed by atoms with Gasteiger partial charge >= 0.3 is 5.97 Å². The van der Waals surface area contributed by atoms with Crippen LogP contribution in [0.25, 0.3) is 0 Å². The van der Waals surface area contributed by atoms with Crippen molar-refractivity contribution >= 4 is 11.9 Å². The van der Waals surface area contributed by atoms with E-state index in [0.717, 1.165) is 0 Å². The van der Waals surface area contributed by atoms with Crippen LogP contribution in [0.1, 0.15) is 27.2 Å². The summed E-state index contributed by atoms with van der Waals surface area (Å²) in [7, 11) is 1.49. The number of carbonyl (C=O) groups is 2. The SMILES string of the molecule is COCC1(C(=O)O)CCN(C(=O)C(C)C(C)C)C1. The third kappa shape index (κ3) is 2.83. The standard InChI is InChI=1S/C13H23NO4/c1-9(2)10(3)11(15)14-6-5-13(7-14,8-18-4)12(16)17/h9-10H,5-8H2,1-4H3,(H,16,17). The fourth-order valence-corrected chi connectivity index (χ4v) is 2.26. The number of hydrogen-bond acceptors (Lipinski definition) is 3. The van der Waals surface area contributed by atoms with Gasteiger partial charge in [-0.1, -0.05) is 20.8 Å². The minimum Gasteiger partial charge on any atom is -0.481 e. The summed E-state index contributed by atoms with van der Waals surface area (Å²) >= 11 is 0. The fraction of sp³-hybridized carbons (Fsp3) is 0.846. The lowest BCUT2D eigenvalue weighted by atomic mass is 9.88. The Balaban J connectivity index is 2.75. The van der Waals surface area contributed by atoms with Gasteiger partial charge in [-0.05, 0) is 12.3 Å². The van der Waals surface area contributed by atoms with Crippen LogP contribution >= 0.6 is 0 Å². The number of methoxy groups -OCH3 is 1. The Morgan fingerprint density at radius 2 is 2.00 bits per heavy atom. The zero-order valence-corrected chi connectivity index (χ0v) is 11.6. The van der Waals surface area contributed by atoms with E-state index in [-0.39, 0.29) is 30.9 Å². The number of aliphatic carboxylic acids is 1. The molecule has 1 heterocycles. The topological polar surface area (TPSA) is 66.8 Å². The van der Waals surface area contributed by atoms with Gasteiger partial charge in [-0.3, -0.25) is 9.59 Å². The molecule has 2 unspecified atom stereocenters. The molecular weight excluding hydrogens is 234 g/mol. The molecule has 0 saturated carbocycles. The molecule has 1 aliphatic heterocycles. The summed E-state index contributed by atoms with van der Waals surface area (Å²) in [5, 5.41) is 9.32. The van der Waals surface area contributed by atoms with Gasteiger partial charge < -0.3 is 14.7 Å². The van der Waals surface area contributed by atoms with Crippen molar-refractivity contribution in [3.8, 4) is 0 Å². The van der Waals surface area contributed by atoms with Crippen LogP contribution in [0, 0.1) is 17.3 Å². The van der Waals surface area contributed by atoms with E-state index in [4.69, 9.17) is 4.74 Å². The van der Waals surface area contributed by atoms with E-state index in [0.29, 0.717) is 13.0 Å². The molecule has 18 heavy (non-hydrogen) atoms. The molecule has 0 aliphatic carbocycles. The second kappa shape index (κ2) is 5.69. The van der Waals surface area contributed by atoms with Gasteiger partial charge in [0.1, 0.15) is 5.41 Å². The number of carboxylic acid groups (broad SMARTS) is 1. The predicted molar refractivity (Wildman–Crippen MR) is 67.1 cm³/mol. The van der Waals surface area contributed by atoms with Crippen LogP contribution in [0.3, 0.4) is 0 Å². The summed E-state index contributed by atoms with van der Waals surface area (Å²) in [6.07, 6.45) is 0.465. The molecule has 5 nitrogen and oxygen atoms in total. The van der Waals surface area contributed by atoms with Crippen LogP contribution in [-0.2, 0) is 14.3 Å². The summed E-state index contributed by atoms with van der Waals surface area (Å²) in [6, 6.07) is 0. The van der Waals surface area contributed by atoms with Crippen molar-refractivity contribution in [2.24, 2.45) is 17.3 Å². The molecule has 0 radical (unpaired) electrons.